The average Bonchev–Trinajstić information content (AvgIpc) is 2.67. The zero-order valence-electron chi connectivity index (χ0n) is 16.6. The molecule has 2 fully saturated rings. The number of nitrogens with one attached hydrogen (secondary N) is 1. The molecule has 3 rings (SSSR count). The van der Waals surface area contributed by atoms with E-state index in [1.807, 2.05) is 25.2 Å². The second-order valence-electron chi connectivity index (χ2n) is 7.47. The minimum Gasteiger partial charge on any atom is -0.506 e. The number of halogens is 1. The first-order chi connectivity index (χ1) is 12.7. The number of guanidine groups is 1. The number of piperidine rings is 1. The minimum absolute atomic E-state index is 0. The van der Waals surface area contributed by atoms with E-state index in [2.05, 4.69) is 32.1 Å². The lowest BCUT2D eigenvalue weighted by Gasteiger charge is -2.38. The third kappa shape index (κ3) is 6.14. The molecule has 0 saturated carbocycles. The number of phenols is 1. The zero-order valence-corrected chi connectivity index (χ0v) is 18.9. The number of benzene rings is 1. The first kappa shape index (κ1) is 22.1. The number of anilines is 1. The smallest absolute Gasteiger partial charge is 0.193 e. The molecule has 0 spiro atoms. The number of phenolic OH excluding ortho intramolecular Hbond substituents is 1. The summed E-state index contributed by atoms with van der Waals surface area (Å²) in [5, 5.41) is 13.6. The fraction of sp³-hybridized carbons (Fsp3) is 0.650. The van der Waals surface area contributed by atoms with Gasteiger partial charge >= 0.3 is 0 Å². The summed E-state index contributed by atoms with van der Waals surface area (Å²) in [6, 6.07) is 7.58. The molecule has 0 aliphatic carbocycles. The van der Waals surface area contributed by atoms with Crippen molar-refractivity contribution in [3.05, 3.63) is 24.3 Å². The van der Waals surface area contributed by atoms with Crippen LogP contribution in [0.25, 0.3) is 0 Å². The number of nitrogens with zero attached hydrogens (tertiary/aromatic N) is 4. The Morgan fingerprint density at radius 2 is 1.78 bits per heavy atom. The Labute approximate surface area is 180 Å². The van der Waals surface area contributed by atoms with Crippen LogP contribution in [0.5, 0.6) is 5.75 Å². The molecule has 7 heteroatoms. The number of hydrogen-bond acceptors (Lipinski definition) is 4. The summed E-state index contributed by atoms with van der Waals surface area (Å²) in [7, 11) is 4.08. The minimum atomic E-state index is 0. The van der Waals surface area contributed by atoms with E-state index < -0.39 is 0 Å². The maximum atomic E-state index is 10.0. The van der Waals surface area contributed by atoms with Crippen molar-refractivity contribution in [1.82, 2.24) is 15.1 Å². The second kappa shape index (κ2) is 10.9. The Hall–Kier alpha value is -1.22. The normalized spacial score (nSPS) is 19.7. The number of piperazine rings is 1. The fourth-order valence-electron chi connectivity index (χ4n) is 3.96. The highest BCUT2D eigenvalue weighted by Gasteiger charge is 2.22. The van der Waals surface area contributed by atoms with Gasteiger partial charge in [-0.25, -0.2) is 0 Å². The Balaban J connectivity index is 0.00000261. The molecule has 0 atom stereocenters. The van der Waals surface area contributed by atoms with Crippen molar-refractivity contribution < 1.29 is 5.11 Å². The number of aromatic hydroxyl groups is 1. The SMILES string of the molecule is CN=C(NCCC1CCN(C)CC1)N1CCN(c2ccccc2O)CC1.I. The van der Waals surface area contributed by atoms with Gasteiger partial charge in [0.25, 0.3) is 0 Å². The number of hydrogen-bond donors (Lipinski definition) is 2. The predicted octanol–water partition coefficient (Wildman–Crippen LogP) is 2.44. The van der Waals surface area contributed by atoms with Gasteiger partial charge in [0, 0.05) is 39.8 Å². The molecule has 152 valence electrons. The molecule has 0 bridgehead atoms. The first-order valence-corrected chi connectivity index (χ1v) is 9.84. The summed E-state index contributed by atoms with van der Waals surface area (Å²) < 4.78 is 0. The van der Waals surface area contributed by atoms with Gasteiger partial charge in [0.15, 0.2) is 5.96 Å². The highest BCUT2D eigenvalue weighted by Crippen LogP contribution is 2.27. The van der Waals surface area contributed by atoms with Gasteiger partial charge in [0.05, 0.1) is 5.69 Å². The molecule has 2 N–H and O–H groups in total. The Morgan fingerprint density at radius 1 is 1.11 bits per heavy atom. The van der Waals surface area contributed by atoms with Crippen LogP contribution in [0.4, 0.5) is 5.69 Å². The van der Waals surface area contributed by atoms with Gasteiger partial charge in [-0.15, -0.1) is 24.0 Å². The second-order valence-corrected chi connectivity index (χ2v) is 7.47. The van der Waals surface area contributed by atoms with Gasteiger partial charge in [0.2, 0.25) is 0 Å². The van der Waals surface area contributed by atoms with E-state index in [0.29, 0.717) is 5.75 Å². The standard InChI is InChI=1S/C20H33N5O.HI/c1-21-20(22-10-7-17-8-11-23(2)12-9-17)25-15-13-24(14-16-25)18-5-3-4-6-19(18)26;/h3-6,17,26H,7-16H2,1-2H3,(H,21,22);1H. The lowest BCUT2D eigenvalue weighted by Crippen LogP contribution is -2.52. The molecule has 6 nitrogen and oxygen atoms in total. The molecule has 0 radical (unpaired) electrons. The Bertz CT molecular complexity index is 596. The van der Waals surface area contributed by atoms with E-state index in [1.165, 1.54) is 32.4 Å². The third-order valence-corrected chi connectivity index (χ3v) is 5.69. The first-order valence-electron chi connectivity index (χ1n) is 9.84. The van der Waals surface area contributed by atoms with Gasteiger partial charge in [-0.05, 0) is 57.5 Å². The Morgan fingerprint density at radius 3 is 2.41 bits per heavy atom. The molecular formula is C20H34IN5O. The Kier molecular flexibility index (Phi) is 8.95. The lowest BCUT2D eigenvalue weighted by atomic mass is 9.94. The highest BCUT2D eigenvalue weighted by atomic mass is 127. The van der Waals surface area contributed by atoms with Crippen molar-refractivity contribution in [3.8, 4) is 5.75 Å². The van der Waals surface area contributed by atoms with Crippen molar-refractivity contribution >= 4 is 35.6 Å². The van der Waals surface area contributed by atoms with E-state index in [9.17, 15) is 5.11 Å². The predicted molar refractivity (Wildman–Crippen MR) is 124 cm³/mol. The third-order valence-electron chi connectivity index (χ3n) is 5.69. The molecule has 2 heterocycles. The summed E-state index contributed by atoms with van der Waals surface area (Å²) in [6.45, 7) is 7.09. The van der Waals surface area contributed by atoms with Gasteiger partial charge in [0.1, 0.15) is 5.75 Å². The molecule has 0 unspecified atom stereocenters. The summed E-state index contributed by atoms with van der Waals surface area (Å²) in [5.74, 6) is 2.21. The van der Waals surface area contributed by atoms with Crippen LogP contribution >= 0.6 is 24.0 Å². The van der Waals surface area contributed by atoms with Gasteiger partial charge < -0.3 is 25.1 Å². The monoisotopic (exact) mass is 487 g/mol. The van der Waals surface area contributed by atoms with Crippen molar-refractivity contribution in [2.75, 3.05) is 64.8 Å². The van der Waals surface area contributed by atoms with Crippen LogP contribution < -0.4 is 10.2 Å². The summed E-state index contributed by atoms with van der Waals surface area (Å²) in [4.78, 5) is 11.5. The molecule has 2 aliphatic rings. The summed E-state index contributed by atoms with van der Waals surface area (Å²) in [6.07, 6.45) is 3.86. The topological polar surface area (TPSA) is 54.3 Å². The van der Waals surface area contributed by atoms with E-state index in [4.69, 9.17) is 0 Å². The quantitative estimate of drug-likeness (QED) is 0.388. The largest absolute Gasteiger partial charge is 0.506 e. The summed E-state index contributed by atoms with van der Waals surface area (Å²) >= 11 is 0. The van der Waals surface area contributed by atoms with Gasteiger partial charge in [-0.3, -0.25) is 4.99 Å². The van der Waals surface area contributed by atoms with Crippen LogP contribution in [-0.4, -0.2) is 80.8 Å². The van der Waals surface area contributed by atoms with Crippen LogP contribution in [0.3, 0.4) is 0 Å². The lowest BCUT2D eigenvalue weighted by molar-refractivity contribution is 0.212. The molecule has 2 saturated heterocycles. The average molecular weight is 487 g/mol. The maximum Gasteiger partial charge on any atom is 0.193 e. The van der Waals surface area contributed by atoms with E-state index in [1.54, 1.807) is 6.07 Å². The molecule has 0 amide bonds. The summed E-state index contributed by atoms with van der Waals surface area (Å²) in [5.41, 5.74) is 0.928. The van der Waals surface area contributed by atoms with Crippen molar-refractivity contribution in [3.63, 3.8) is 0 Å². The van der Waals surface area contributed by atoms with E-state index >= 15 is 0 Å². The van der Waals surface area contributed by atoms with Crippen LogP contribution in [0, 0.1) is 5.92 Å². The fourth-order valence-corrected chi connectivity index (χ4v) is 3.96. The van der Waals surface area contributed by atoms with Crippen LogP contribution in [0.1, 0.15) is 19.3 Å². The molecule has 1 aromatic carbocycles. The molecule has 27 heavy (non-hydrogen) atoms. The highest BCUT2D eigenvalue weighted by molar-refractivity contribution is 14.0. The van der Waals surface area contributed by atoms with Gasteiger partial charge in [-0.1, -0.05) is 12.1 Å². The molecule has 0 aromatic heterocycles. The molecular weight excluding hydrogens is 453 g/mol. The number of para-hydroxylation sites is 2. The zero-order chi connectivity index (χ0) is 18.4. The van der Waals surface area contributed by atoms with E-state index in [0.717, 1.165) is 50.3 Å². The van der Waals surface area contributed by atoms with Gasteiger partial charge in [-0.2, -0.15) is 0 Å². The van der Waals surface area contributed by atoms with Crippen LogP contribution in [-0.2, 0) is 0 Å². The van der Waals surface area contributed by atoms with E-state index in [-0.39, 0.29) is 24.0 Å². The number of rotatable bonds is 4. The van der Waals surface area contributed by atoms with Crippen LogP contribution in [0.15, 0.2) is 29.3 Å². The van der Waals surface area contributed by atoms with Crippen LogP contribution in [0.2, 0.25) is 0 Å². The maximum absolute atomic E-state index is 10.0. The number of likely N-dealkylation sites (tertiary alicyclic amines) is 1. The molecule has 1 aromatic rings. The van der Waals surface area contributed by atoms with Crippen molar-refractivity contribution in [2.24, 2.45) is 10.9 Å². The van der Waals surface area contributed by atoms with Crippen molar-refractivity contribution in [1.29, 1.82) is 0 Å². The molecule has 2 aliphatic heterocycles. The van der Waals surface area contributed by atoms with Crippen molar-refractivity contribution in [2.45, 2.75) is 19.3 Å². The number of aliphatic imine (C=N–C) groups is 1.